The maximum absolute atomic E-state index is 11.4. The highest BCUT2D eigenvalue weighted by atomic mass is 16.3. The molecule has 0 radical (unpaired) electrons. The van der Waals surface area contributed by atoms with Gasteiger partial charge < -0.3 is 15.1 Å². The lowest BCUT2D eigenvalue weighted by Crippen LogP contribution is -2.36. The van der Waals surface area contributed by atoms with Gasteiger partial charge in [-0.05, 0) is 26.0 Å². The second kappa shape index (κ2) is 4.49. The predicted octanol–water partition coefficient (Wildman–Crippen LogP) is 0.993. The summed E-state index contributed by atoms with van der Waals surface area (Å²) < 4.78 is 5.36. The van der Waals surface area contributed by atoms with Crippen molar-refractivity contribution >= 4 is 5.91 Å². The van der Waals surface area contributed by atoms with Gasteiger partial charge in [0.2, 0.25) is 5.91 Å². The van der Waals surface area contributed by atoms with Crippen molar-refractivity contribution in [3.63, 3.8) is 0 Å². The van der Waals surface area contributed by atoms with Gasteiger partial charge in [0.1, 0.15) is 5.76 Å². The van der Waals surface area contributed by atoms with E-state index >= 15 is 0 Å². The zero-order valence-electron chi connectivity index (χ0n) is 8.88. The highest BCUT2D eigenvalue weighted by Gasteiger charge is 2.23. The number of carbonyl (C=O) groups is 1. The Kier molecular flexibility index (Phi) is 3.06. The molecule has 1 heterocycles. The number of fused-ring (bicyclic) bond motifs is 1. The quantitative estimate of drug-likeness (QED) is 0.779. The average molecular weight is 208 g/mol. The minimum Gasteiger partial charge on any atom is -0.469 e. The third-order valence-electron chi connectivity index (χ3n) is 2.72. The van der Waals surface area contributed by atoms with Crippen LogP contribution < -0.4 is 10.6 Å². The van der Waals surface area contributed by atoms with Gasteiger partial charge in [0, 0.05) is 12.0 Å². The molecule has 15 heavy (non-hydrogen) atoms. The summed E-state index contributed by atoms with van der Waals surface area (Å²) in [6, 6.07) is 2.09. The first-order valence-electron chi connectivity index (χ1n) is 5.31. The van der Waals surface area contributed by atoms with Crippen molar-refractivity contribution in [1.82, 2.24) is 10.6 Å². The number of aryl methyl sites for hydroxylation is 1. The van der Waals surface area contributed by atoms with E-state index in [9.17, 15) is 4.79 Å². The van der Waals surface area contributed by atoms with Crippen LogP contribution in [0.4, 0.5) is 0 Å². The Morgan fingerprint density at radius 3 is 3.33 bits per heavy atom. The van der Waals surface area contributed by atoms with E-state index in [-0.39, 0.29) is 11.9 Å². The maximum Gasteiger partial charge on any atom is 0.234 e. The van der Waals surface area contributed by atoms with E-state index in [1.807, 2.05) is 6.07 Å². The molecule has 0 saturated heterocycles. The number of amides is 1. The van der Waals surface area contributed by atoms with Crippen LogP contribution in [0.5, 0.6) is 0 Å². The molecular weight excluding hydrogens is 192 g/mol. The molecule has 1 amide bonds. The van der Waals surface area contributed by atoms with Gasteiger partial charge in [0.25, 0.3) is 0 Å². The number of carbonyl (C=O) groups excluding carboxylic acids is 1. The Balaban J connectivity index is 2.03. The van der Waals surface area contributed by atoms with E-state index in [1.54, 1.807) is 13.3 Å². The molecule has 1 unspecified atom stereocenters. The van der Waals surface area contributed by atoms with E-state index in [0.717, 1.165) is 30.6 Å². The maximum atomic E-state index is 11.4. The van der Waals surface area contributed by atoms with Crippen LogP contribution in [-0.4, -0.2) is 19.5 Å². The summed E-state index contributed by atoms with van der Waals surface area (Å²) in [5.41, 5.74) is 1.14. The molecule has 1 aromatic rings. The summed E-state index contributed by atoms with van der Waals surface area (Å²) >= 11 is 0. The third-order valence-corrected chi connectivity index (χ3v) is 2.72. The Morgan fingerprint density at radius 1 is 1.67 bits per heavy atom. The van der Waals surface area contributed by atoms with Gasteiger partial charge in [0.15, 0.2) is 0 Å². The Hall–Kier alpha value is -1.29. The molecule has 0 aliphatic heterocycles. The van der Waals surface area contributed by atoms with Gasteiger partial charge in [-0.15, -0.1) is 0 Å². The summed E-state index contributed by atoms with van der Waals surface area (Å²) in [5, 5.41) is 5.84. The van der Waals surface area contributed by atoms with E-state index in [4.69, 9.17) is 4.42 Å². The normalized spacial score (nSPS) is 19.7. The van der Waals surface area contributed by atoms with Crippen molar-refractivity contribution in [2.75, 3.05) is 13.6 Å². The molecular formula is C11H16N2O2. The van der Waals surface area contributed by atoms with E-state index in [0.29, 0.717) is 6.54 Å². The van der Waals surface area contributed by atoms with Crippen molar-refractivity contribution in [3.8, 4) is 0 Å². The molecule has 0 saturated carbocycles. The molecule has 0 bridgehead atoms. The van der Waals surface area contributed by atoms with Gasteiger partial charge in [-0.25, -0.2) is 0 Å². The summed E-state index contributed by atoms with van der Waals surface area (Å²) in [7, 11) is 1.77. The fourth-order valence-corrected chi connectivity index (χ4v) is 2.04. The fraction of sp³-hybridized carbons (Fsp3) is 0.545. The third kappa shape index (κ3) is 2.21. The van der Waals surface area contributed by atoms with E-state index in [2.05, 4.69) is 10.6 Å². The SMILES string of the molecule is CNCC(=O)NC1CCCc2occc21. The van der Waals surface area contributed by atoms with Crippen LogP contribution in [0.25, 0.3) is 0 Å². The molecule has 2 N–H and O–H groups in total. The molecule has 1 aliphatic carbocycles. The molecule has 2 rings (SSSR count). The number of hydrogen-bond acceptors (Lipinski definition) is 3. The standard InChI is InChI=1S/C11H16N2O2/c1-12-7-11(14)13-9-3-2-4-10-8(9)5-6-15-10/h5-6,9,12H,2-4,7H2,1H3,(H,13,14). The molecule has 4 heteroatoms. The molecule has 1 aliphatic rings. The smallest absolute Gasteiger partial charge is 0.234 e. The van der Waals surface area contributed by atoms with Crippen molar-refractivity contribution in [2.24, 2.45) is 0 Å². The molecule has 82 valence electrons. The number of nitrogens with one attached hydrogen (secondary N) is 2. The minimum absolute atomic E-state index is 0.0385. The summed E-state index contributed by atoms with van der Waals surface area (Å²) in [6.45, 7) is 0.365. The highest BCUT2D eigenvalue weighted by molar-refractivity contribution is 5.78. The van der Waals surface area contributed by atoms with Gasteiger partial charge >= 0.3 is 0 Å². The van der Waals surface area contributed by atoms with Gasteiger partial charge in [-0.1, -0.05) is 0 Å². The van der Waals surface area contributed by atoms with Crippen LogP contribution in [0.15, 0.2) is 16.7 Å². The zero-order valence-corrected chi connectivity index (χ0v) is 8.88. The first-order valence-corrected chi connectivity index (χ1v) is 5.31. The Labute approximate surface area is 89.0 Å². The lowest BCUT2D eigenvalue weighted by Gasteiger charge is -2.22. The fourth-order valence-electron chi connectivity index (χ4n) is 2.04. The molecule has 0 spiro atoms. The molecule has 0 aromatic carbocycles. The van der Waals surface area contributed by atoms with E-state index < -0.39 is 0 Å². The summed E-state index contributed by atoms with van der Waals surface area (Å²) in [4.78, 5) is 11.4. The highest BCUT2D eigenvalue weighted by Crippen LogP contribution is 2.30. The summed E-state index contributed by atoms with van der Waals surface area (Å²) in [5.74, 6) is 1.06. The molecule has 1 atom stereocenters. The summed E-state index contributed by atoms with van der Waals surface area (Å²) in [6.07, 6.45) is 4.76. The van der Waals surface area contributed by atoms with E-state index in [1.165, 1.54) is 0 Å². The van der Waals surface area contributed by atoms with Crippen LogP contribution in [0.2, 0.25) is 0 Å². The average Bonchev–Trinajstić information content (AvgIpc) is 2.67. The first-order chi connectivity index (χ1) is 7.31. The van der Waals surface area contributed by atoms with Gasteiger partial charge in [-0.2, -0.15) is 0 Å². The van der Waals surface area contributed by atoms with Gasteiger partial charge in [-0.3, -0.25) is 4.79 Å². The zero-order chi connectivity index (χ0) is 10.7. The number of furan rings is 1. The van der Waals surface area contributed by atoms with Crippen molar-refractivity contribution < 1.29 is 9.21 Å². The lowest BCUT2D eigenvalue weighted by atomic mass is 9.93. The predicted molar refractivity (Wildman–Crippen MR) is 56.5 cm³/mol. The minimum atomic E-state index is 0.0385. The lowest BCUT2D eigenvalue weighted by molar-refractivity contribution is -0.121. The van der Waals surface area contributed by atoms with Crippen LogP contribution in [0, 0.1) is 0 Å². The number of likely N-dealkylation sites (N-methyl/N-ethyl adjacent to an activating group) is 1. The monoisotopic (exact) mass is 208 g/mol. The van der Waals surface area contributed by atoms with Crippen LogP contribution >= 0.6 is 0 Å². The molecule has 0 fully saturated rings. The van der Waals surface area contributed by atoms with Crippen molar-refractivity contribution in [3.05, 3.63) is 23.7 Å². The second-order valence-electron chi connectivity index (χ2n) is 3.84. The Morgan fingerprint density at radius 2 is 2.53 bits per heavy atom. The van der Waals surface area contributed by atoms with Crippen LogP contribution in [0.1, 0.15) is 30.2 Å². The number of rotatable bonds is 3. The Bertz CT molecular complexity index is 346. The van der Waals surface area contributed by atoms with Crippen LogP contribution in [-0.2, 0) is 11.2 Å². The largest absolute Gasteiger partial charge is 0.469 e. The van der Waals surface area contributed by atoms with Gasteiger partial charge in [0.05, 0.1) is 18.8 Å². The molecule has 4 nitrogen and oxygen atoms in total. The van der Waals surface area contributed by atoms with Crippen LogP contribution in [0.3, 0.4) is 0 Å². The topological polar surface area (TPSA) is 54.3 Å². The number of hydrogen-bond donors (Lipinski definition) is 2. The van der Waals surface area contributed by atoms with Crippen molar-refractivity contribution in [1.29, 1.82) is 0 Å². The second-order valence-corrected chi connectivity index (χ2v) is 3.84. The molecule has 1 aromatic heterocycles. The van der Waals surface area contributed by atoms with Crippen molar-refractivity contribution in [2.45, 2.75) is 25.3 Å². The first kappa shape index (κ1) is 10.2.